The number of hydrogen-bond acceptors (Lipinski definition) is 4. The third kappa shape index (κ3) is 2.31. The van der Waals surface area contributed by atoms with Crippen LogP contribution in [-0.2, 0) is 0 Å². The molecule has 126 valence electrons. The van der Waals surface area contributed by atoms with Gasteiger partial charge in [0.05, 0.1) is 5.69 Å². The van der Waals surface area contributed by atoms with Crippen LogP contribution in [0.1, 0.15) is 45.6 Å². The van der Waals surface area contributed by atoms with Gasteiger partial charge < -0.3 is 0 Å². The van der Waals surface area contributed by atoms with Crippen molar-refractivity contribution in [1.82, 2.24) is 4.98 Å². The predicted molar refractivity (Wildman–Crippen MR) is 103 cm³/mol. The molecule has 3 nitrogen and oxygen atoms in total. The number of hydrogen-bond donors (Lipinski definition) is 1. The number of thiazole rings is 1. The molecule has 24 heavy (non-hydrogen) atoms. The first-order valence-corrected chi connectivity index (χ1v) is 9.64. The maximum Gasteiger partial charge on any atom is 0.203 e. The minimum Gasteiger partial charge on any atom is -0.253 e. The van der Waals surface area contributed by atoms with Crippen molar-refractivity contribution in [3.05, 3.63) is 35.2 Å². The first-order chi connectivity index (χ1) is 11.4. The van der Waals surface area contributed by atoms with E-state index in [1.807, 2.05) is 0 Å². The van der Waals surface area contributed by atoms with Crippen LogP contribution in [0.3, 0.4) is 0 Å². The molecule has 1 aromatic carbocycles. The molecule has 0 saturated heterocycles. The minimum absolute atomic E-state index is 0.238. The van der Waals surface area contributed by atoms with Crippen molar-refractivity contribution >= 4 is 22.2 Å². The van der Waals surface area contributed by atoms with Crippen molar-refractivity contribution < 1.29 is 0 Å². The van der Waals surface area contributed by atoms with Crippen LogP contribution in [-0.4, -0.2) is 10.7 Å². The van der Waals surface area contributed by atoms with Crippen molar-refractivity contribution in [2.45, 2.75) is 47.0 Å². The lowest BCUT2D eigenvalue weighted by Gasteiger charge is -2.34. The van der Waals surface area contributed by atoms with Gasteiger partial charge in [0.1, 0.15) is 0 Å². The third-order valence-electron chi connectivity index (χ3n) is 6.65. The van der Waals surface area contributed by atoms with Gasteiger partial charge in [0.2, 0.25) is 5.13 Å². The second-order valence-electron chi connectivity index (χ2n) is 8.07. The van der Waals surface area contributed by atoms with E-state index in [4.69, 9.17) is 10.1 Å². The standard InChI is InChI=1S/C20H25N3S/c1-13-5-7-14(8-6-13)16-12-24-18(21-16)23-22-17-11-15-9-10-20(17,4)19(15,2)3/h5-8,12,15H,9-11H2,1-4H3,(H,21,23)/b22-17-. The molecule has 4 rings (SSSR count). The van der Waals surface area contributed by atoms with Gasteiger partial charge in [-0.3, -0.25) is 5.43 Å². The summed E-state index contributed by atoms with van der Waals surface area (Å²) in [6.07, 6.45) is 3.74. The first kappa shape index (κ1) is 15.8. The summed E-state index contributed by atoms with van der Waals surface area (Å²) in [4.78, 5) is 4.69. The Bertz CT molecular complexity index is 787. The number of rotatable bonds is 3. The van der Waals surface area contributed by atoms with E-state index in [0.29, 0.717) is 5.41 Å². The van der Waals surface area contributed by atoms with Crippen molar-refractivity contribution in [1.29, 1.82) is 0 Å². The van der Waals surface area contributed by atoms with E-state index in [2.05, 4.69) is 62.8 Å². The maximum absolute atomic E-state index is 4.78. The lowest BCUT2D eigenvalue weighted by Crippen LogP contribution is -2.32. The Morgan fingerprint density at radius 3 is 2.58 bits per heavy atom. The van der Waals surface area contributed by atoms with Gasteiger partial charge in [-0.25, -0.2) is 4.98 Å². The fraction of sp³-hybridized carbons (Fsp3) is 0.500. The molecule has 2 aliphatic rings. The van der Waals surface area contributed by atoms with Crippen molar-refractivity contribution in [2.75, 3.05) is 5.43 Å². The third-order valence-corrected chi connectivity index (χ3v) is 7.40. The first-order valence-electron chi connectivity index (χ1n) is 8.76. The highest BCUT2D eigenvalue weighted by molar-refractivity contribution is 7.14. The Balaban J connectivity index is 1.52. The SMILES string of the molecule is Cc1ccc(-c2csc(N/N=C3/CC4CCC3(C)C4(C)C)n2)cc1. The molecule has 0 amide bonds. The average Bonchev–Trinajstić information content (AvgIpc) is 3.16. The molecule has 2 aliphatic carbocycles. The van der Waals surface area contributed by atoms with Gasteiger partial charge in [0.25, 0.3) is 0 Å². The summed E-state index contributed by atoms with van der Waals surface area (Å²) in [5.74, 6) is 0.780. The molecular weight excluding hydrogens is 314 g/mol. The largest absolute Gasteiger partial charge is 0.253 e. The molecule has 2 aromatic rings. The van der Waals surface area contributed by atoms with E-state index in [-0.39, 0.29) is 5.41 Å². The number of nitrogens with zero attached hydrogens (tertiary/aromatic N) is 2. The van der Waals surface area contributed by atoms with Gasteiger partial charge in [-0.15, -0.1) is 11.3 Å². The van der Waals surface area contributed by atoms with Crippen molar-refractivity contribution in [2.24, 2.45) is 21.8 Å². The normalized spacial score (nSPS) is 29.3. The van der Waals surface area contributed by atoms with Crippen LogP contribution in [0.4, 0.5) is 5.13 Å². The van der Waals surface area contributed by atoms with E-state index < -0.39 is 0 Å². The highest BCUT2D eigenvalue weighted by Crippen LogP contribution is 2.63. The van der Waals surface area contributed by atoms with Gasteiger partial charge in [-0.05, 0) is 37.5 Å². The van der Waals surface area contributed by atoms with Crippen LogP contribution in [0, 0.1) is 23.7 Å². The molecule has 2 fully saturated rings. The summed E-state index contributed by atoms with van der Waals surface area (Å²) in [6, 6.07) is 8.50. The smallest absolute Gasteiger partial charge is 0.203 e. The van der Waals surface area contributed by atoms with Crippen LogP contribution in [0.5, 0.6) is 0 Å². The Hall–Kier alpha value is -1.68. The molecule has 2 atom stereocenters. The van der Waals surface area contributed by atoms with Crippen molar-refractivity contribution in [3.8, 4) is 11.3 Å². The summed E-state index contributed by atoms with van der Waals surface area (Å²) < 4.78 is 0. The summed E-state index contributed by atoms with van der Waals surface area (Å²) in [7, 11) is 0. The summed E-state index contributed by atoms with van der Waals surface area (Å²) in [5.41, 5.74) is 8.61. The molecular formula is C20H25N3S. The van der Waals surface area contributed by atoms with Gasteiger partial charge in [-0.2, -0.15) is 5.10 Å². The van der Waals surface area contributed by atoms with E-state index in [9.17, 15) is 0 Å². The number of nitrogens with one attached hydrogen (secondary N) is 1. The zero-order valence-corrected chi connectivity index (χ0v) is 15.7. The molecule has 4 heteroatoms. The Morgan fingerprint density at radius 2 is 1.96 bits per heavy atom. The van der Waals surface area contributed by atoms with Crippen molar-refractivity contribution in [3.63, 3.8) is 0 Å². The number of aromatic nitrogens is 1. The molecule has 2 unspecified atom stereocenters. The van der Waals surface area contributed by atoms with Gasteiger partial charge in [0, 0.05) is 22.1 Å². The van der Waals surface area contributed by atoms with Crippen LogP contribution >= 0.6 is 11.3 Å². The highest BCUT2D eigenvalue weighted by atomic mass is 32.1. The molecule has 1 heterocycles. The second-order valence-corrected chi connectivity index (χ2v) is 8.93. The average molecular weight is 340 g/mol. The minimum atomic E-state index is 0.238. The highest BCUT2D eigenvalue weighted by Gasteiger charge is 2.59. The number of hydrazone groups is 1. The number of aryl methyl sites for hydroxylation is 1. The molecule has 0 spiro atoms. The quantitative estimate of drug-likeness (QED) is 0.725. The van der Waals surface area contributed by atoms with E-state index in [0.717, 1.165) is 28.7 Å². The summed E-state index contributed by atoms with van der Waals surface area (Å²) in [5, 5.41) is 7.75. The Kier molecular flexibility index (Phi) is 3.57. The van der Waals surface area contributed by atoms with Crippen LogP contribution in [0.25, 0.3) is 11.3 Å². The lowest BCUT2D eigenvalue weighted by molar-refractivity contribution is 0.194. The summed E-state index contributed by atoms with van der Waals surface area (Å²) >= 11 is 1.62. The molecule has 2 saturated carbocycles. The molecule has 1 aromatic heterocycles. The summed E-state index contributed by atoms with van der Waals surface area (Å²) in [6.45, 7) is 9.31. The maximum atomic E-state index is 4.78. The molecule has 0 radical (unpaired) electrons. The number of fused-ring (bicyclic) bond motifs is 2. The van der Waals surface area contributed by atoms with Crippen LogP contribution in [0.15, 0.2) is 34.7 Å². The topological polar surface area (TPSA) is 37.3 Å². The van der Waals surface area contributed by atoms with Gasteiger partial charge in [-0.1, -0.05) is 50.6 Å². The Morgan fingerprint density at radius 1 is 1.21 bits per heavy atom. The van der Waals surface area contributed by atoms with Gasteiger partial charge >= 0.3 is 0 Å². The lowest BCUT2D eigenvalue weighted by atomic mass is 9.70. The van der Waals surface area contributed by atoms with E-state index in [1.165, 1.54) is 24.1 Å². The molecule has 2 bridgehead atoms. The van der Waals surface area contributed by atoms with E-state index >= 15 is 0 Å². The fourth-order valence-corrected chi connectivity index (χ4v) is 5.06. The molecule has 0 aliphatic heterocycles. The zero-order valence-electron chi connectivity index (χ0n) is 14.9. The zero-order chi connectivity index (χ0) is 16.9. The predicted octanol–water partition coefficient (Wildman–Crippen LogP) is 5.73. The monoisotopic (exact) mass is 339 g/mol. The van der Waals surface area contributed by atoms with Crippen LogP contribution in [0.2, 0.25) is 0 Å². The van der Waals surface area contributed by atoms with Crippen LogP contribution < -0.4 is 5.43 Å². The number of anilines is 1. The second kappa shape index (κ2) is 5.41. The number of benzene rings is 1. The van der Waals surface area contributed by atoms with E-state index in [1.54, 1.807) is 11.3 Å². The molecule has 1 N–H and O–H groups in total. The van der Waals surface area contributed by atoms with Gasteiger partial charge in [0.15, 0.2) is 0 Å². The Labute approximate surface area is 148 Å². The fourth-order valence-electron chi connectivity index (χ4n) is 4.39.